The average molecular weight is 525 g/mol. The quantitative estimate of drug-likeness (QED) is 0.512. The van der Waals surface area contributed by atoms with Gasteiger partial charge in [0.15, 0.2) is 0 Å². The number of amides is 1. The Morgan fingerprint density at radius 2 is 1.95 bits per heavy atom. The SMILES string of the molecule is C=CC(=O)N1CCN(c2nc(OC[C@@H]3CCCN3C)nc3c2CN(C)C(c2c(F)cccc2OC)C3)CC1. The molecule has 4 heterocycles. The van der Waals surface area contributed by atoms with E-state index in [2.05, 4.69) is 28.3 Å². The topological polar surface area (TPSA) is 74.3 Å². The Hall–Kier alpha value is -3.24. The van der Waals surface area contributed by atoms with Crippen molar-refractivity contribution in [1.82, 2.24) is 24.7 Å². The maximum absolute atomic E-state index is 15.1. The van der Waals surface area contributed by atoms with Gasteiger partial charge in [-0.25, -0.2) is 4.39 Å². The first-order valence-electron chi connectivity index (χ1n) is 13.3. The zero-order valence-corrected chi connectivity index (χ0v) is 22.5. The molecule has 3 aliphatic heterocycles. The van der Waals surface area contributed by atoms with Crippen molar-refractivity contribution in [2.45, 2.75) is 37.9 Å². The van der Waals surface area contributed by atoms with Crippen molar-refractivity contribution in [2.24, 2.45) is 0 Å². The average Bonchev–Trinajstić information content (AvgIpc) is 3.35. The highest BCUT2D eigenvalue weighted by molar-refractivity contribution is 5.87. The summed E-state index contributed by atoms with van der Waals surface area (Å²) < 4.78 is 26.8. The lowest BCUT2D eigenvalue weighted by Crippen LogP contribution is -2.49. The molecule has 0 radical (unpaired) electrons. The predicted molar refractivity (Wildman–Crippen MR) is 143 cm³/mol. The second-order valence-electron chi connectivity index (χ2n) is 10.3. The third-order valence-corrected chi connectivity index (χ3v) is 8.08. The normalized spacial score (nSPS) is 22.3. The molecule has 10 heteroatoms. The van der Waals surface area contributed by atoms with Crippen LogP contribution >= 0.6 is 0 Å². The number of anilines is 1. The third kappa shape index (κ3) is 5.19. The van der Waals surface area contributed by atoms with Crippen molar-refractivity contribution in [3.63, 3.8) is 0 Å². The number of carbonyl (C=O) groups is 1. The largest absolute Gasteiger partial charge is 0.496 e. The van der Waals surface area contributed by atoms with E-state index in [1.54, 1.807) is 24.1 Å². The van der Waals surface area contributed by atoms with Crippen LogP contribution in [0.1, 0.15) is 35.7 Å². The van der Waals surface area contributed by atoms with Gasteiger partial charge in [0, 0.05) is 62.4 Å². The van der Waals surface area contributed by atoms with E-state index in [4.69, 9.17) is 19.4 Å². The Morgan fingerprint density at radius 3 is 2.63 bits per heavy atom. The van der Waals surface area contributed by atoms with Crippen molar-refractivity contribution < 1.29 is 18.7 Å². The maximum Gasteiger partial charge on any atom is 0.318 e. The number of likely N-dealkylation sites (N-methyl/N-ethyl adjacent to an activating group) is 2. The van der Waals surface area contributed by atoms with Crippen LogP contribution in [0, 0.1) is 5.82 Å². The molecule has 2 aromatic rings. The molecule has 1 unspecified atom stereocenters. The molecule has 2 fully saturated rings. The number of piperazine rings is 1. The molecule has 0 saturated carbocycles. The Kier molecular flexibility index (Phi) is 7.80. The van der Waals surface area contributed by atoms with Gasteiger partial charge in [0.1, 0.15) is 24.0 Å². The number of carbonyl (C=O) groups excluding carboxylic acids is 1. The van der Waals surface area contributed by atoms with Gasteiger partial charge in [-0.2, -0.15) is 9.97 Å². The van der Waals surface area contributed by atoms with Crippen LogP contribution in [0.3, 0.4) is 0 Å². The van der Waals surface area contributed by atoms with Gasteiger partial charge in [0.25, 0.3) is 0 Å². The summed E-state index contributed by atoms with van der Waals surface area (Å²) in [6.07, 6.45) is 4.12. The molecule has 2 atom stereocenters. The number of methoxy groups -OCH3 is 1. The van der Waals surface area contributed by atoms with E-state index in [1.807, 2.05) is 7.05 Å². The summed E-state index contributed by atoms with van der Waals surface area (Å²) in [5, 5.41) is 0. The van der Waals surface area contributed by atoms with Crippen LogP contribution in [0.5, 0.6) is 11.8 Å². The Morgan fingerprint density at radius 1 is 1.16 bits per heavy atom. The Labute approximate surface area is 223 Å². The lowest BCUT2D eigenvalue weighted by atomic mass is 9.92. The van der Waals surface area contributed by atoms with E-state index in [1.165, 1.54) is 12.1 Å². The zero-order chi connectivity index (χ0) is 26.8. The zero-order valence-electron chi connectivity index (χ0n) is 22.5. The number of benzene rings is 1. The fourth-order valence-corrected chi connectivity index (χ4v) is 5.82. The molecule has 1 aromatic carbocycles. The molecule has 1 aromatic heterocycles. The van der Waals surface area contributed by atoms with Gasteiger partial charge in [0.05, 0.1) is 12.8 Å². The molecule has 9 nitrogen and oxygen atoms in total. The van der Waals surface area contributed by atoms with Gasteiger partial charge in [-0.3, -0.25) is 9.69 Å². The van der Waals surface area contributed by atoms with Crippen LogP contribution < -0.4 is 14.4 Å². The van der Waals surface area contributed by atoms with Gasteiger partial charge >= 0.3 is 6.01 Å². The molecule has 2 saturated heterocycles. The van der Waals surface area contributed by atoms with Crippen LogP contribution in [-0.2, 0) is 17.8 Å². The Balaban J connectivity index is 1.46. The van der Waals surface area contributed by atoms with Crippen molar-refractivity contribution in [1.29, 1.82) is 0 Å². The molecule has 0 N–H and O–H groups in total. The summed E-state index contributed by atoms with van der Waals surface area (Å²) in [5.74, 6) is 1.02. The van der Waals surface area contributed by atoms with Crippen LogP contribution in [0.25, 0.3) is 0 Å². The highest BCUT2D eigenvalue weighted by Crippen LogP contribution is 2.40. The number of likely N-dealkylation sites (tertiary alicyclic amines) is 1. The van der Waals surface area contributed by atoms with E-state index in [0.717, 1.165) is 36.5 Å². The number of hydrogen-bond acceptors (Lipinski definition) is 8. The molecule has 0 aliphatic carbocycles. The molecule has 3 aliphatic rings. The fourth-order valence-electron chi connectivity index (χ4n) is 5.82. The van der Waals surface area contributed by atoms with Gasteiger partial charge in [-0.05, 0) is 51.7 Å². The lowest BCUT2D eigenvalue weighted by Gasteiger charge is -2.39. The molecular weight excluding hydrogens is 487 g/mol. The lowest BCUT2D eigenvalue weighted by molar-refractivity contribution is -0.126. The van der Waals surface area contributed by atoms with Gasteiger partial charge in [-0.15, -0.1) is 0 Å². The van der Waals surface area contributed by atoms with E-state index in [0.29, 0.717) is 69.1 Å². The first-order chi connectivity index (χ1) is 18.4. The highest BCUT2D eigenvalue weighted by atomic mass is 19.1. The second-order valence-corrected chi connectivity index (χ2v) is 10.3. The van der Waals surface area contributed by atoms with Gasteiger partial charge < -0.3 is 24.2 Å². The summed E-state index contributed by atoms with van der Waals surface area (Å²) in [6.45, 7) is 8.27. The van der Waals surface area contributed by atoms with E-state index in [9.17, 15) is 4.79 Å². The summed E-state index contributed by atoms with van der Waals surface area (Å²) in [5.41, 5.74) is 2.42. The standard InChI is InChI=1S/C28H37FN6O3/c1-5-25(36)34-12-14-35(15-13-34)27-20-17-33(3)23(26-21(29)9-6-10-24(26)37-4)16-22(20)30-28(31-27)38-18-19-8-7-11-32(19)2/h5-6,9-10,19,23H,1,7-8,11-18H2,2-4H3/t19-,23?/m0/s1. The Bertz CT molecular complexity index is 1190. The number of nitrogens with zero attached hydrogens (tertiary/aromatic N) is 6. The first kappa shape index (κ1) is 26.4. The van der Waals surface area contributed by atoms with Crippen molar-refractivity contribution in [3.8, 4) is 11.8 Å². The molecule has 5 rings (SSSR count). The minimum atomic E-state index is -0.289. The smallest absolute Gasteiger partial charge is 0.318 e. The van der Waals surface area contributed by atoms with E-state index < -0.39 is 0 Å². The van der Waals surface area contributed by atoms with Gasteiger partial charge in [-0.1, -0.05) is 12.6 Å². The summed E-state index contributed by atoms with van der Waals surface area (Å²) in [4.78, 5) is 30.3. The summed E-state index contributed by atoms with van der Waals surface area (Å²) in [6, 6.07) is 5.39. The summed E-state index contributed by atoms with van der Waals surface area (Å²) in [7, 11) is 5.68. The number of halogens is 1. The first-order valence-corrected chi connectivity index (χ1v) is 13.3. The number of rotatable bonds is 7. The van der Waals surface area contributed by atoms with E-state index >= 15 is 4.39 Å². The van der Waals surface area contributed by atoms with E-state index in [-0.39, 0.29) is 17.8 Å². The molecule has 0 bridgehead atoms. The molecule has 1 amide bonds. The van der Waals surface area contributed by atoms with Crippen molar-refractivity contribution >= 4 is 11.7 Å². The van der Waals surface area contributed by atoms with Crippen LogP contribution in [0.2, 0.25) is 0 Å². The molecule has 0 spiro atoms. The number of fused-ring (bicyclic) bond motifs is 1. The molecule has 204 valence electrons. The summed E-state index contributed by atoms with van der Waals surface area (Å²) >= 11 is 0. The number of ether oxygens (including phenoxy) is 2. The van der Waals surface area contributed by atoms with Gasteiger partial charge in [0.2, 0.25) is 5.91 Å². The minimum Gasteiger partial charge on any atom is -0.496 e. The predicted octanol–water partition coefficient (Wildman–Crippen LogP) is 2.66. The second kappa shape index (κ2) is 11.2. The van der Waals surface area contributed by atoms with Crippen molar-refractivity contribution in [3.05, 3.63) is 53.5 Å². The van der Waals surface area contributed by atoms with Crippen LogP contribution in [0.4, 0.5) is 10.2 Å². The molecule has 38 heavy (non-hydrogen) atoms. The highest BCUT2D eigenvalue weighted by Gasteiger charge is 2.35. The minimum absolute atomic E-state index is 0.0551. The third-order valence-electron chi connectivity index (χ3n) is 8.08. The fraction of sp³-hybridized carbons (Fsp3) is 0.536. The number of hydrogen-bond donors (Lipinski definition) is 0. The van der Waals surface area contributed by atoms with Crippen LogP contribution in [-0.4, -0.2) is 97.2 Å². The monoisotopic (exact) mass is 524 g/mol. The van der Waals surface area contributed by atoms with Crippen molar-refractivity contribution in [2.75, 3.05) is 65.4 Å². The number of aromatic nitrogens is 2. The molecular formula is C28H37FN6O3. The van der Waals surface area contributed by atoms with Crippen LogP contribution in [0.15, 0.2) is 30.9 Å². The maximum atomic E-state index is 15.1.